The fourth-order valence-corrected chi connectivity index (χ4v) is 2.37. The lowest BCUT2D eigenvalue weighted by molar-refractivity contribution is -0.137. The van der Waals surface area contributed by atoms with Gasteiger partial charge in [-0.25, -0.2) is 4.98 Å². The summed E-state index contributed by atoms with van der Waals surface area (Å²) >= 11 is 2.16. The van der Waals surface area contributed by atoms with Crippen LogP contribution in [0.1, 0.15) is 18.1 Å². The van der Waals surface area contributed by atoms with Crippen molar-refractivity contribution in [1.82, 2.24) is 4.98 Å². The van der Waals surface area contributed by atoms with Crippen LogP contribution in [-0.4, -0.2) is 17.8 Å². The Hall–Kier alpha value is -1.84. The largest absolute Gasteiger partial charge is 0.493 e. The Morgan fingerprint density at radius 1 is 1.30 bits per heavy atom. The zero-order valence-electron chi connectivity index (χ0n) is 12.1. The van der Waals surface area contributed by atoms with Crippen molar-refractivity contribution in [2.45, 2.75) is 13.1 Å². The molecule has 8 heteroatoms. The van der Waals surface area contributed by atoms with E-state index in [1.807, 2.05) is 25.1 Å². The number of rotatable bonds is 5. The number of pyridine rings is 1. The average Bonchev–Trinajstić information content (AvgIpc) is 2.50. The molecule has 2 rings (SSSR count). The van der Waals surface area contributed by atoms with Gasteiger partial charge in [-0.1, -0.05) is 0 Å². The highest BCUT2D eigenvalue weighted by Gasteiger charge is 2.30. The smallest absolute Gasteiger partial charge is 0.417 e. The molecule has 0 amide bonds. The van der Waals surface area contributed by atoms with Crippen LogP contribution in [0.4, 0.5) is 19.0 Å². The molecule has 4 nitrogen and oxygen atoms in total. The zero-order chi connectivity index (χ0) is 16.9. The van der Waals surface area contributed by atoms with E-state index >= 15 is 0 Å². The number of nitrogens with one attached hydrogen (secondary N) is 1. The molecule has 0 saturated heterocycles. The number of hydrogen-bond donors (Lipinski definition) is 1. The van der Waals surface area contributed by atoms with Crippen LogP contribution in [0.3, 0.4) is 0 Å². The second-order valence-corrected chi connectivity index (χ2v) is 5.58. The van der Waals surface area contributed by atoms with Gasteiger partial charge < -0.3 is 4.74 Å². The maximum absolute atomic E-state index is 12.4. The minimum absolute atomic E-state index is 0.231. The van der Waals surface area contributed by atoms with Crippen molar-refractivity contribution in [3.63, 3.8) is 0 Å². The Morgan fingerprint density at radius 3 is 2.65 bits per heavy atom. The second-order valence-electron chi connectivity index (χ2n) is 4.42. The third-order valence-corrected chi connectivity index (χ3v) is 3.58. The Bertz CT molecular complexity index is 687. The van der Waals surface area contributed by atoms with Crippen LogP contribution in [0.2, 0.25) is 0 Å². The summed E-state index contributed by atoms with van der Waals surface area (Å²) in [6.07, 6.45) is -2.08. The number of nitrogens with zero attached hydrogens (tertiary/aromatic N) is 2. The zero-order valence-corrected chi connectivity index (χ0v) is 14.2. The molecule has 1 N–H and O–H groups in total. The lowest BCUT2D eigenvalue weighted by Crippen LogP contribution is -2.05. The van der Waals surface area contributed by atoms with Crippen molar-refractivity contribution in [3.8, 4) is 5.75 Å². The van der Waals surface area contributed by atoms with Gasteiger partial charge in [-0.2, -0.15) is 18.3 Å². The third-order valence-electron chi connectivity index (χ3n) is 2.74. The van der Waals surface area contributed by atoms with Gasteiger partial charge in [-0.05, 0) is 65.4 Å². The van der Waals surface area contributed by atoms with Crippen molar-refractivity contribution >= 4 is 34.6 Å². The van der Waals surface area contributed by atoms with Gasteiger partial charge in [-0.3, -0.25) is 5.43 Å². The van der Waals surface area contributed by atoms with Gasteiger partial charge in [0.25, 0.3) is 0 Å². The quantitative estimate of drug-likeness (QED) is 0.426. The van der Waals surface area contributed by atoms with E-state index in [0.717, 1.165) is 27.1 Å². The molecule has 122 valence electrons. The van der Waals surface area contributed by atoms with Crippen molar-refractivity contribution in [2.24, 2.45) is 5.10 Å². The maximum Gasteiger partial charge on any atom is 0.417 e. The average molecular weight is 435 g/mol. The van der Waals surface area contributed by atoms with Crippen LogP contribution in [0.25, 0.3) is 0 Å². The monoisotopic (exact) mass is 435 g/mol. The molecule has 2 aromatic rings. The van der Waals surface area contributed by atoms with Crippen LogP contribution >= 0.6 is 22.6 Å². The molecule has 0 aliphatic carbocycles. The number of anilines is 1. The summed E-state index contributed by atoms with van der Waals surface area (Å²) in [6, 6.07) is 7.73. The number of ether oxygens (including phenoxy) is 1. The molecular formula is C15H13F3IN3O. The molecule has 0 atom stereocenters. The molecule has 1 heterocycles. The number of benzene rings is 1. The molecule has 0 unspecified atom stereocenters. The van der Waals surface area contributed by atoms with Crippen LogP contribution in [0, 0.1) is 3.57 Å². The van der Waals surface area contributed by atoms with Gasteiger partial charge in [0, 0.05) is 6.20 Å². The minimum atomic E-state index is -4.40. The first-order valence-corrected chi connectivity index (χ1v) is 7.72. The van der Waals surface area contributed by atoms with Crippen molar-refractivity contribution in [3.05, 3.63) is 51.2 Å². The predicted octanol–water partition coefficient (Wildman–Crippen LogP) is 4.55. The van der Waals surface area contributed by atoms with E-state index in [9.17, 15) is 13.2 Å². The number of alkyl halides is 3. The van der Waals surface area contributed by atoms with E-state index in [-0.39, 0.29) is 5.82 Å². The van der Waals surface area contributed by atoms with Crippen LogP contribution in [0.15, 0.2) is 41.6 Å². The molecule has 1 aromatic carbocycles. The standard InChI is InChI=1S/C15H13F3IN3O/c1-2-23-13-5-3-10(7-12(13)19)8-21-22-14-6-4-11(9-20-14)15(16,17)18/h3-9H,2H2,1H3,(H,20,22)/b21-8-. The maximum atomic E-state index is 12.4. The summed E-state index contributed by atoms with van der Waals surface area (Å²) in [5.41, 5.74) is 2.62. The summed E-state index contributed by atoms with van der Waals surface area (Å²) < 4.78 is 43.6. The first-order valence-electron chi connectivity index (χ1n) is 6.65. The topological polar surface area (TPSA) is 46.5 Å². The fraction of sp³-hybridized carbons (Fsp3) is 0.200. The van der Waals surface area contributed by atoms with E-state index in [1.165, 1.54) is 6.07 Å². The molecule has 0 radical (unpaired) electrons. The normalized spacial score (nSPS) is 11.7. The van der Waals surface area contributed by atoms with Gasteiger partial charge in [0.05, 0.1) is 22.0 Å². The van der Waals surface area contributed by atoms with E-state index in [1.54, 1.807) is 6.21 Å². The highest BCUT2D eigenvalue weighted by atomic mass is 127. The molecule has 0 saturated carbocycles. The van der Waals surface area contributed by atoms with Crippen molar-refractivity contribution in [1.29, 1.82) is 0 Å². The summed E-state index contributed by atoms with van der Waals surface area (Å²) in [7, 11) is 0. The Balaban J connectivity index is 2.00. The molecular weight excluding hydrogens is 422 g/mol. The minimum Gasteiger partial charge on any atom is -0.493 e. The van der Waals surface area contributed by atoms with Crippen molar-refractivity contribution < 1.29 is 17.9 Å². The molecule has 0 spiro atoms. The molecule has 23 heavy (non-hydrogen) atoms. The second kappa shape index (κ2) is 7.62. The lowest BCUT2D eigenvalue weighted by Gasteiger charge is -2.07. The van der Waals surface area contributed by atoms with Gasteiger partial charge >= 0.3 is 6.18 Å². The number of hydrogen-bond acceptors (Lipinski definition) is 4. The Kier molecular flexibility index (Phi) is 5.80. The van der Waals surface area contributed by atoms with E-state index < -0.39 is 11.7 Å². The first-order chi connectivity index (χ1) is 10.9. The van der Waals surface area contributed by atoms with E-state index in [2.05, 4.69) is 38.1 Å². The third kappa shape index (κ3) is 5.08. The summed E-state index contributed by atoms with van der Waals surface area (Å²) in [5.74, 6) is 1.03. The number of hydrazone groups is 1. The summed E-state index contributed by atoms with van der Waals surface area (Å²) in [5, 5.41) is 3.96. The molecule has 0 fully saturated rings. The van der Waals surface area contributed by atoms with Gasteiger partial charge in [-0.15, -0.1) is 0 Å². The van der Waals surface area contributed by atoms with Gasteiger partial charge in [0.1, 0.15) is 11.6 Å². The van der Waals surface area contributed by atoms with Crippen LogP contribution in [-0.2, 0) is 6.18 Å². The number of halogens is 4. The predicted molar refractivity (Wildman–Crippen MR) is 90.8 cm³/mol. The number of aromatic nitrogens is 1. The molecule has 1 aromatic heterocycles. The SMILES string of the molecule is CCOc1ccc(/C=N\Nc2ccc(C(F)(F)F)cn2)cc1I. The van der Waals surface area contributed by atoms with Crippen molar-refractivity contribution in [2.75, 3.05) is 12.0 Å². The van der Waals surface area contributed by atoms with Gasteiger partial charge in [0.2, 0.25) is 0 Å². The molecule has 0 bridgehead atoms. The Morgan fingerprint density at radius 2 is 2.09 bits per heavy atom. The highest BCUT2D eigenvalue weighted by molar-refractivity contribution is 14.1. The fourth-order valence-electron chi connectivity index (χ4n) is 1.67. The summed E-state index contributed by atoms with van der Waals surface area (Å²) in [6.45, 7) is 2.50. The first kappa shape index (κ1) is 17.5. The molecule has 0 aliphatic heterocycles. The molecule has 0 aliphatic rings. The van der Waals surface area contributed by atoms with Crippen LogP contribution < -0.4 is 10.2 Å². The van der Waals surface area contributed by atoms with Crippen LogP contribution in [0.5, 0.6) is 5.75 Å². The summed E-state index contributed by atoms with van der Waals surface area (Å²) in [4.78, 5) is 3.67. The highest BCUT2D eigenvalue weighted by Crippen LogP contribution is 2.28. The van der Waals surface area contributed by atoms with E-state index in [4.69, 9.17) is 4.74 Å². The van der Waals surface area contributed by atoms with Gasteiger partial charge in [0.15, 0.2) is 0 Å². The Labute approximate surface area is 144 Å². The lowest BCUT2D eigenvalue weighted by atomic mass is 10.2. The van der Waals surface area contributed by atoms with E-state index in [0.29, 0.717) is 6.61 Å².